The van der Waals surface area contributed by atoms with E-state index in [-0.39, 0.29) is 23.3 Å². The van der Waals surface area contributed by atoms with E-state index in [4.69, 9.17) is 0 Å². The van der Waals surface area contributed by atoms with Gasteiger partial charge in [-0.2, -0.15) is 0 Å². The molecule has 1 atom stereocenters. The van der Waals surface area contributed by atoms with Crippen LogP contribution in [0, 0.1) is 0 Å². The highest BCUT2D eigenvalue weighted by Gasteiger charge is 2.52. The van der Waals surface area contributed by atoms with Crippen LogP contribution in [0.25, 0.3) is 0 Å². The number of pyridine rings is 1. The maximum absolute atomic E-state index is 13.6. The zero-order valence-electron chi connectivity index (χ0n) is 23.3. The molecule has 4 heterocycles. The molecule has 3 aliphatic heterocycles. The zero-order valence-corrected chi connectivity index (χ0v) is 23.3. The fraction of sp³-hybridized carbons (Fsp3) is 0.517. The number of carbonyl (C=O) groups excluding carboxylic acids is 3. The molecule has 9 heteroatoms. The highest BCUT2D eigenvalue weighted by molar-refractivity contribution is 6.23. The molecule has 2 fully saturated rings. The fourth-order valence-corrected chi connectivity index (χ4v) is 5.90. The van der Waals surface area contributed by atoms with Gasteiger partial charge in [-0.1, -0.05) is 19.9 Å². The Bertz CT molecular complexity index is 1260. The van der Waals surface area contributed by atoms with E-state index < -0.39 is 5.54 Å². The summed E-state index contributed by atoms with van der Waals surface area (Å²) in [5.41, 5.74) is 2.00. The Morgan fingerprint density at radius 2 is 1.79 bits per heavy atom. The van der Waals surface area contributed by atoms with Crippen LogP contribution in [0.4, 0.5) is 16.2 Å². The maximum atomic E-state index is 13.6. The number of likely N-dealkylation sites (tertiary alicyclic amines) is 1. The molecule has 38 heavy (non-hydrogen) atoms. The van der Waals surface area contributed by atoms with Crippen LogP contribution in [-0.2, 0) is 21.5 Å². The summed E-state index contributed by atoms with van der Waals surface area (Å²) in [5.74, 6) is -0.231. The number of imide groups is 1. The lowest BCUT2D eigenvalue weighted by atomic mass is 9.87. The van der Waals surface area contributed by atoms with Crippen molar-refractivity contribution in [2.45, 2.75) is 57.7 Å². The molecule has 202 valence electrons. The maximum Gasteiger partial charge on any atom is 0.332 e. The van der Waals surface area contributed by atoms with Crippen molar-refractivity contribution in [2.24, 2.45) is 0 Å². The second-order valence-electron chi connectivity index (χ2n) is 12.1. The molecular weight excluding hydrogens is 480 g/mol. The van der Waals surface area contributed by atoms with E-state index in [9.17, 15) is 14.4 Å². The number of hydrogen-bond acceptors (Lipinski definition) is 6. The minimum absolute atomic E-state index is 0.0482. The van der Waals surface area contributed by atoms with Crippen molar-refractivity contribution in [2.75, 3.05) is 50.1 Å². The molecule has 3 aliphatic rings. The van der Waals surface area contributed by atoms with Gasteiger partial charge in [-0.05, 0) is 69.8 Å². The van der Waals surface area contributed by atoms with E-state index in [0.717, 1.165) is 36.3 Å². The van der Waals surface area contributed by atoms with Gasteiger partial charge in [-0.3, -0.25) is 19.5 Å². The number of urea groups is 1. The monoisotopic (exact) mass is 518 g/mol. The van der Waals surface area contributed by atoms with Crippen LogP contribution in [0.3, 0.4) is 0 Å². The van der Waals surface area contributed by atoms with Crippen LogP contribution in [0.1, 0.15) is 45.2 Å². The third-order valence-electron chi connectivity index (χ3n) is 8.36. The summed E-state index contributed by atoms with van der Waals surface area (Å²) in [6, 6.07) is 9.43. The Labute approximate surface area is 225 Å². The van der Waals surface area contributed by atoms with Gasteiger partial charge in [0.05, 0.1) is 12.2 Å². The predicted octanol–water partition coefficient (Wildman–Crippen LogP) is 3.09. The highest BCUT2D eigenvalue weighted by atomic mass is 16.2. The third kappa shape index (κ3) is 4.47. The summed E-state index contributed by atoms with van der Waals surface area (Å²) in [4.78, 5) is 53.9. The quantitative estimate of drug-likeness (QED) is 0.547. The minimum atomic E-state index is -1.01. The molecule has 0 saturated carbocycles. The molecule has 1 aromatic carbocycles. The lowest BCUT2D eigenvalue weighted by Gasteiger charge is -2.27. The molecule has 0 N–H and O–H groups in total. The molecule has 2 saturated heterocycles. The number of fused-ring (bicyclic) bond motifs is 1. The predicted molar refractivity (Wildman–Crippen MR) is 147 cm³/mol. The van der Waals surface area contributed by atoms with Gasteiger partial charge >= 0.3 is 6.03 Å². The molecule has 9 nitrogen and oxygen atoms in total. The molecule has 4 amide bonds. The number of anilines is 2. The Kier molecular flexibility index (Phi) is 6.55. The van der Waals surface area contributed by atoms with Crippen LogP contribution in [0.15, 0.2) is 42.7 Å². The Morgan fingerprint density at radius 3 is 2.45 bits per heavy atom. The van der Waals surface area contributed by atoms with E-state index in [0.29, 0.717) is 31.4 Å². The van der Waals surface area contributed by atoms with Gasteiger partial charge in [-0.15, -0.1) is 0 Å². The van der Waals surface area contributed by atoms with Crippen LogP contribution in [0.2, 0.25) is 0 Å². The molecule has 2 aromatic rings. The Balaban J connectivity index is 1.41. The fourth-order valence-electron chi connectivity index (χ4n) is 5.90. The first kappa shape index (κ1) is 26.3. The highest BCUT2D eigenvalue weighted by Crippen LogP contribution is 2.44. The van der Waals surface area contributed by atoms with Crippen molar-refractivity contribution in [3.8, 4) is 0 Å². The summed E-state index contributed by atoms with van der Waals surface area (Å²) >= 11 is 0. The summed E-state index contributed by atoms with van der Waals surface area (Å²) in [6.07, 6.45) is 4.41. The standard InChI is InChI=1S/C29H38N6O3/c1-28(2)19-33(25(36)18-32-14-11-22(17-32)31(5)6)24-15-21(7-8-23(24)28)35-26(37)29(3,4)34(27(35)38)16-20-9-12-30-13-10-20/h7-10,12-13,15,22H,11,14,16-19H2,1-6H3/t22-/m1/s1. The first-order chi connectivity index (χ1) is 17.9. The van der Waals surface area contributed by atoms with Crippen molar-refractivity contribution in [1.82, 2.24) is 19.7 Å². The van der Waals surface area contributed by atoms with Gasteiger partial charge in [0, 0.05) is 55.7 Å². The molecule has 0 bridgehead atoms. The van der Waals surface area contributed by atoms with Crippen molar-refractivity contribution < 1.29 is 14.4 Å². The molecule has 0 spiro atoms. The van der Waals surface area contributed by atoms with Crippen LogP contribution < -0.4 is 9.80 Å². The number of aromatic nitrogens is 1. The van der Waals surface area contributed by atoms with Gasteiger partial charge in [0.1, 0.15) is 5.54 Å². The number of benzene rings is 1. The van der Waals surface area contributed by atoms with Crippen molar-refractivity contribution in [3.63, 3.8) is 0 Å². The van der Waals surface area contributed by atoms with Gasteiger partial charge < -0.3 is 14.7 Å². The number of amides is 4. The van der Waals surface area contributed by atoms with Gasteiger partial charge in [0.15, 0.2) is 0 Å². The summed E-state index contributed by atoms with van der Waals surface area (Å²) in [7, 11) is 4.16. The lowest BCUT2D eigenvalue weighted by Crippen LogP contribution is -2.43. The van der Waals surface area contributed by atoms with Crippen molar-refractivity contribution >= 4 is 29.2 Å². The molecule has 1 aromatic heterocycles. The van der Waals surface area contributed by atoms with E-state index in [1.54, 1.807) is 31.1 Å². The van der Waals surface area contributed by atoms with E-state index in [1.807, 2.05) is 35.2 Å². The van der Waals surface area contributed by atoms with Gasteiger partial charge in [0.2, 0.25) is 5.91 Å². The lowest BCUT2D eigenvalue weighted by molar-refractivity contribution is -0.123. The van der Waals surface area contributed by atoms with Crippen LogP contribution in [-0.4, -0.2) is 89.4 Å². The topological polar surface area (TPSA) is 80.3 Å². The van der Waals surface area contributed by atoms with Crippen LogP contribution in [0.5, 0.6) is 0 Å². The number of rotatable bonds is 6. The zero-order chi connectivity index (χ0) is 27.4. The number of likely N-dealkylation sites (N-methyl/N-ethyl adjacent to an activating group) is 1. The Hall–Kier alpha value is -3.30. The second kappa shape index (κ2) is 9.47. The average Bonchev–Trinajstić information content (AvgIpc) is 3.49. The Morgan fingerprint density at radius 1 is 1.08 bits per heavy atom. The summed E-state index contributed by atoms with van der Waals surface area (Å²) in [6.45, 7) is 10.8. The summed E-state index contributed by atoms with van der Waals surface area (Å²) < 4.78 is 0. The molecule has 0 unspecified atom stereocenters. The number of nitrogens with zero attached hydrogens (tertiary/aromatic N) is 6. The molecular formula is C29H38N6O3. The van der Waals surface area contributed by atoms with E-state index >= 15 is 0 Å². The second-order valence-corrected chi connectivity index (χ2v) is 12.1. The smallest absolute Gasteiger partial charge is 0.310 e. The molecule has 0 aliphatic carbocycles. The first-order valence-corrected chi connectivity index (χ1v) is 13.3. The van der Waals surface area contributed by atoms with Crippen LogP contribution >= 0.6 is 0 Å². The van der Waals surface area contributed by atoms with E-state index in [1.165, 1.54) is 4.90 Å². The normalized spacial score (nSPS) is 22.6. The number of carbonyl (C=O) groups is 3. The third-order valence-corrected chi connectivity index (χ3v) is 8.36. The number of hydrogen-bond donors (Lipinski definition) is 0. The SMILES string of the molecule is CN(C)[C@@H]1CCN(CC(=O)N2CC(C)(C)c3ccc(N4C(=O)N(Cc5ccncc5)C(C)(C)C4=O)cc32)C1. The largest absolute Gasteiger partial charge is 0.332 e. The van der Waals surface area contributed by atoms with E-state index in [2.05, 4.69) is 42.7 Å². The van der Waals surface area contributed by atoms with Crippen molar-refractivity contribution in [1.29, 1.82) is 0 Å². The first-order valence-electron chi connectivity index (χ1n) is 13.3. The van der Waals surface area contributed by atoms with Gasteiger partial charge in [-0.25, -0.2) is 9.69 Å². The molecule has 5 rings (SSSR count). The molecule has 0 radical (unpaired) electrons. The van der Waals surface area contributed by atoms with Crippen molar-refractivity contribution in [3.05, 3.63) is 53.9 Å². The minimum Gasteiger partial charge on any atom is -0.310 e. The van der Waals surface area contributed by atoms with Gasteiger partial charge in [0.25, 0.3) is 5.91 Å². The average molecular weight is 519 g/mol. The summed E-state index contributed by atoms with van der Waals surface area (Å²) in [5, 5.41) is 0.